The number of hydrogen-bond donors (Lipinski definition) is 2. The van der Waals surface area contributed by atoms with E-state index in [1.165, 1.54) is 0 Å². The van der Waals surface area contributed by atoms with E-state index in [-0.39, 0.29) is 0 Å². The molecule has 58 valence electrons. The van der Waals surface area contributed by atoms with E-state index in [9.17, 15) is 0 Å². The first-order valence-corrected chi connectivity index (χ1v) is 3.32. The third-order valence-corrected chi connectivity index (χ3v) is 1.32. The predicted octanol–water partition coefficient (Wildman–Crippen LogP) is 2.00. The molecule has 0 atom stereocenters. The van der Waals surface area contributed by atoms with E-state index in [0.29, 0.717) is 0 Å². The molecule has 0 aromatic carbocycles. The lowest BCUT2D eigenvalue weighted by Crippen LogP contribution is -1.88. The van der Waals surface area contributed by atoms with Crippen LogP contribution in [-0.4, -0.2) is 10.2 Å². The van der Waals surface area contributed by atoms with Crippen molar-refractivity contribution < 1.29 is 0 Å². The van der Waals surface area contributed by atoms with Gasteiger partial charge in [0.05, 0.1) is 17.6 Å². The summed E-state index contributed by atoms with van der Waals surface area (Å²) in [5, 5.41) is 9.64. The SMILES string of the molecule is C=CNc1cn[nH]c1C(=C)C. The summed E-state index contributed by atoms with van der Waals surface area (Å²) in [5.41, 5.74) is 2.78. The normalized spacial score (nSPS) is 9.18. The van der Waals surface area contributed by atoms with E-state index >= 15 is 0 Å². The Morgan fingerprint density at radius 2 is 2.55 bits per heavy atom. The van der Waals surface area contributed by atoms with Crippen molar-refractivity contribution in [2.75, 3.05) is 5.32 Å². The second-order valence-corrected chi connectivity index (χ2v) is 2.29. The lowest BCUT2D eigenvalue weighted by Gasteiger charge is -1.99. The van der Waals surface area contributed by atoms with Crippen molar-refractivity contribution in [1.82, 2.24) is 10.2 Å². The zero-order valence-electron chi connectivity index (χ0n) is 6.52. The zero-order chi connectivity index (χ0) is 8.27. The average Bonchev–Trinajstić information content (AvgIpc) is 2.36. The zero-order valence-corrected chi connectivity index (χ0v) is 6.52. The maximum atomic E-state index is 3.87. The number of H-pyrrole nitrogens is 1. The van der Waals surface area contributed by atoms with E-state index in [1.807, 2.05) is 6.92 Å². The van der Waals surface area contributed by atoms with E-state index in [2.05, 4.69) is 28.7 Å². The number of allylic oxidation sites excluding steroid dienone is 1. The summed E-state index contributed by atoms with van der Waals surface area (Å²) in [4.78, 5) is 0. The Bertz CT molecular complexity index is 273. The molecule has 3 nitrogen and oxygen atoms in total. The molecule has 1 aromatic heterocycles. The number of aromatic nitrogens is 2. The minimum absolute atomic E-state index is 0.910. The Morgan fingerprint density at radius 1 is 1.82 bits per heavy atom. The molecule has 0 bridgehead atoms. The van der Waals surface area contributed by atoms with Crippen LogP contribution in [-0.2, 0) is 0 Å². The van der Waals surface area contributed by atoms with Crippen LogP contribution in [0.2, 0.25) is 0 Å². The van der Waals surface area contributed by atoms with E-state index in [1.54, 1.807) is 12.4 Å². The van der Waals surface area contributed by atoms with Crippen LogP contribution in [0.4, 0.5) is 5.69 Å². The highest BCUT2D eigenvalue weighted by atomic mass is 15.1. The van der Waals surface area contributed by atoms with Gasteiger partial charge in [0.2, 0.25) is 0 Å². The Labute approximate surface area is 65.8 Å². The van der Waals surface area contributed by atoms with Gasteiger partial charge in [-0.15, -0.1) is 0 Å². The molecule has 0 aliphatic heterocycles. The Kier molecular flexibility index (Phi) is 2.11. The molecule has 3 heteroatoms. The van der Waals surface area contributed by atoms with E-state index in [0.717, 1.165) is 17.0 Å². The third-order valence-electron chi connectivity index (χ3n) is 1.32. The Morgan fingerprint density at radius 3 is 3.09 bits per heavy atom. The third kappa shape index (κ3) is 1.49. The van der Waals surface area contributed by atoms with Crippen molar-refractivity contribution in [3.63, 3.8) is 0 Å². The summed E-state index contributed by atoms with van der Waals surface area (Å²) in [6.45, 7) is 9.27. The summed E-state index contributed by atoms with van der Waals surface area (Å²) in [6.07, 6.45) is 3.31. The molecule has 0 saturated heterocycles. The fraction of sp³-hybridized carbons (Fsp3) is 0.125. The summed E-state index contributed by atoms with van der Waals surface area (Å²) in [5.74, 6) is 0. The standard InChI is InChI=1S/C8H11N3/c1-4-9-7-5-10-11-8(7)6(2)3/h4-5,9H,1-2H2,3H3,(H,10,11). The van der Waals surface area contributed by atoms with Crippen molar-refractivity contribution >= 4 is 11.3 Å². The Hall–Kier alpha value is -1.51. The molecule has 0 unspecified atom stereocenters. The van der Waals surface area contributed by atoms with Gasteiger partial charge in [-0.2, -0.15) is 5.10 Å². The fourth-order valence-electron chi connectivity index (χ4n) is 0.831. The van der Waals surface area contributed by atoms with Gasteiger partial charge in [-0.05, 0) is 18.7 Å². The van der Waals surface area contributed by atoms with Crippen LogP contribution in [0.5, 0.6) is 0 Å². The average molecular weight is 149 g/mol. The van der Waals surface area contributed by atoms with Crippen molar-refractivity contribution in [2.24, 2.45) is 0 Å². The number of rotatable bonds is 3. The quantitative estimate of drug-likeness (QED) is 0.690. The van der Waals surface area contributed by atoms with Gasteiger partial charge >= 0.3 is 0 Å². The molecule has 0 aliphatic rings. The second-order valence-electron chi connectivity index (χ2n) is 2.29. The number of aromatic amines is 1. The van der Waals surface area contributed by atoms with E-state index < -0.39 is 0 Å². The predicted molar refractivity (Wildman–Crippen MR) is 47.1 cm³/mol. The smallest absolute Gasteiger partial charge is 0.0840 e. The maximum absolute atomic E-state index is 3.87. The number of nitrogens with one attached hydrogen (secondary N) is 2. The van der Waals surface area contributed by atoms with Crippen LogP contribution in [0, 0.1) is 0 Å². The van der Waals surface area contributed by atoms with Gasteiger partial charge in [-0.25, -0.2) is 0 Å². The molecule has 0 radical (unpaired) electrons. The summed E-state index contributed by atoms with van der Waals surface area (Å²) in [7, 11) is 0. The number of hydrogen-bond acceptors (Lipinski definition) is 2. The first kappa shape index (κ1) is 7.60. The van der Waals surface area contributed by atoms with Crippen LogP contribution in [0.3, 0.4) is 0 Å². The van der Waals surface area contributed by atoms with Crippen molar-refractivity contribution in [3.8, 4) is 0 Å². The Balaban J connectivity index is 2.95. The summed E-state index contributed by atoms with van der Waals surface area (Å²) in [6, 6.07) is 0. The lowest BCUT2D eigenvalue weighted by molar-refractivity contribution is 1.07. The fourth-order valence-corrected chi connectivity index (χ4v) is 0.831. The number of anilines is 1. The highest BCUT2D eigenvalue weighted by Crippen LogP contribution is 2.18. The van der Waals surface area contributed by atoms with Gasteiger partial charge in [-0.3, -0.25) is 5.10 Å². The first-order chi connectivity index (χ1) is 5.25. The van der Waals surface area contributed by atoms with Crippen LogP contribution < -0.4 is 5.32 Å². The van der Waals surface area contributed by atoms with Crippen LogP contribution >= 0.6 is 0 Å². The molecular formula is C8H11N3. The van der Waals surface area contributed by atoms with Gasteiger partial charge in [0.25, 0.3) is 0 Å². The number of nitrogens with zero attached hydrogens (tertiary/aromatic N) is 1. The van der Waals surface area contributed by atoms with Gasteiger partial charge in [0.15, 0.2) is 0 Å². The molecule has 0 amide bonds. The van der Waals surface area contributed by atoms with Gasteiger partial charge in [0, 0.05) is 0 Å². The van der Waals surface area contributed by atoms with Gasteiger partial charge in [-0.1, -0.05) is 13.2 Å². The van der Waals surface area contributed by atoms with Crippen LogP contribution in [0.15, 0.2) is 25.6 Å². The molecule has 1 rings (SSSR count). The highest BCUT2D eigenvalue weighted by molar-refractivity contribution is 5.70. The monoisotopic (exact) mass is 149 g/mol. The van der Waals surface area contributed by atoms with Crippen molar-refractivity contribution in [1.29, 1.82) is 0 Å². The highest BCUT2D eigenvalue weighted by Gasteiger charge is 2.01. The molecule has 0 aliphatic carbocycles. The summed E-state index contributed by atoms with van der Waals surface area (Å²) < 4.78 is 0. The minimum atomic E-state index is 0.910. The van der Waals surface area contributed by atoms with E-state index in [4.69, 9.17) is 0 Å². The van der Waals surface area contributed by atoms with Gasteiger partial charge in [0.1, 0.15) is 0 Å². The molecule has 0 fully saturated rings. The molecule has 11 heavy (non-hydrogen) atoms. The molecular weight excluding hydrogens is 138 g/mol. The topological polar surface area (TPSA) is 40.7 Å². The molecule has 1 aromatic rings. The van der Waals surface area contributed by atoms with Crippen LogP contribution in [0.1, 0.15) is 12.6 Å². The maximum Gasteiger partial charge on any atom is 0.0840 e. The molecule has 2 N–H and O–H groups in total. The first-order valence-electron chi connectivity index (χ1n) is 3.32. The largest absolute Gasteiger partial charge is 0.359 e. The molecule has 0 saturated carbocycles. The lowest BCUT2D eigenvalue weighted by atomic mass is 10.2. The van der Waals surface area contributed by atoms with Crippen LogP contribution in [0.25, 0.3) is 5.57 Å². The minimum Gasteiger partial charge on any atom is -0.359 e. The molecule has 1 heterocycles. The second kappa shape index (κ2) is 3.05. The summed E-state index contributed by atoms with van der Waals surface area (Å²) >= 11 is 0. The van der Waals surface area contributed by atoms with Gasteiger partial charge < -0.3 is 5.32 Å². The van der Waals surface area contributed by atoms with Crippen molar-refractivity contribution in [3.05, 3.63) is 31.2 Å². The van der Waals surface area contributed by atoms with Crippen molar-refractivity contribution in [2.45, 2.75) is 6.92 Å². The molecule has 0 spiro atoms.